The number of nitrogens with zero attached hydrogens (tertiary/aromatic N) is 1. The molecule has 0 fully saturated rings. The topological polar surface area (TPSA) is 48.1 Å². The first-order valence-corrected chi connectivity index (χ1v) is 5.80. The molecule has 0 unspecified atom stereocenters. The Bertz CT molecular complexity index is 569. The van der Waals surface area contributed by atoms with E-state index in [0.717, 1.165) is 0 Å². The molecule has 0 amide bonds. The van der Waals surface area contributed by atoms with E-state index in [1.807, 2.05) is 6.07 Å². The van der Waals surface area contributed by atoms with Gasteiger partial charge in [-0.15, -0.1) is 0 Å². The summed E-state index contributed by atoms with van der Waals surface area (Å²) in [5, 5.41) is 0.703. The number of para-hydroxylation sites is 1. The van der Waals surface area contributed by atoms with Gasteiger partial charge in [-0.25, -0.2) is 0 Å². The average Bonchev–Trinajstić information content (AvgIpc) is 2.35. The number of halogens is 3. The van der Waals surface area contributed by atoms with Crippen LogP contribution < -0.4 is 10.5 Å². The van der Waals surface area contributed by atoms with Crippen LogP contribution in [0.15, 0.2) is 30.5 Å². The molecule has 1 aromatic carbocycles. The molecule has 0 saturated heterocycles. The van der Waals surface area contributed by atoms with Gasteiger partial charge < -0.3 is 10.5 Å². The SMILES string of the molecule is Nc1cnc2ccccc2c1OCCCC(F)(F)F. The zero-order valence-corrected chi connectivity index (χ0v) is 10.1. The van der Waals surface area contributed by atoms with Gasteiger partial charge in [0.2, 0.25) is 0 Å². The molecule has 0 spiro atoms. The molecule has 0 radical (unpaired) electrons. The van der Waals surface area contributed by atoms with Gasteiger partial charge in [-0.3, -0.25) is 4.98 Å². The summed E-state index contributed by atoms with van der Waals surface area (Å²) in [5.74, 6) is 0.396. The summed E-state index contributed by atoms with van der Waals surface area (Å²) in [5.41, 5.74) is 6.77. The second-order valence-electron chi connectivity index (χ2n) is 4.13. The maximum Gasteiger partial charge on any atom is 0.389 e. The lowest BCUT2D eigenvalue weighted by atomic mass is 10.2. The zero-order valence-electron chi connectivity index (χ0n) is 10.1. The third-order valence-corrected chi connectivity index (χ3v) is 2.60. The van der Waals surface area contributed by atoms with Crippen molar-refractivity contribution < 1.29 is 17.9 Å². The lowest BCUT2D eigenvalue weighted by Gasteiger charge is -2.12. The Balaban J connectivity index is 2.10. The van der Waals surface area contributed by atoms with Gasteiger partial charge in [-0.05, 0) is 18.6 Å². The van der Waals surface area contributed by atoms with E-state index in [1.54, 1.807) is 18.2 Å². The van der Waals surface area contributed by atoms with Crippen molar-refractivity contribution in [3.63, 3.8) is 0 Å². The molecule has 0 atom stereocenters. The van der Waals surface area contributed by atoms with E-state index >= 15 is 0 Å². The summed E-state index contributed by atoms with van der Waals surface area (Å²) in [6, 6.07) is 7.18. The number of ether oxygens (including phenoxy) is 1. The first-order valence-electron chi connectivity index (χ1n) is 5.80. The molecule has 19 heavy (non-hydrogen) atoms. The summed E-state index contributed by atoms with van der Waals surface area (Å²) in [7, 11) is 0. The Kier molecular flexibility index (Phi) is 3.78. The number of hydrogen-bond donors (Lipinski definition) is 1. The molecule has 2 aromatic rings. The van der Waals surface area contributed by atoms with Crippen LogP contribution in [0.4, 0.5) is 18.9 Å². The number of anilines is 1. The standard InChI is InChI=1S/C13H13F3N2O/c14-13(15,16)6-3-7-19-12-9-4-1-2-5-11(9)18-8-10(12)17/h1-2,4-5,8H,3,6-7,17H2. The maximum absolute atomic E-state index is 12.0. The van der Waals surface area contributed by atoms with Gasteiger partial charge >= 0.3 is 6.18 Å². The number of nitrogens with two attached hydrogens (primary N) is 1. The van der Waals surface area contributed by atoms with E-state index < -0.39 is 12.6 Å². The molecular weight excluding hydrogens is 257 g/mol. The van der Waals surface area contributed by atoms with Crippen molar-refractivity contribution in [3.8, 4) is 5.75 Å². The van der Waals surface area contributed by atoms with Crippen LogP contribution in [0.3, 0.4) is 0 Å². The van der Waals surface area contributed by atoms with Crippen molar-refractivity contribution in [2.45, 2.75) is 19.0 Å². The first kappa shape index (κ1) is 13.5. The number of aromatic nitrogens is 1. The molecule has 0 aliphatic carbocycles. The van der Waals surface area contributed by atoms with Crippen LogP contribution in [-0.2, 0) is 0 Å². The van der Waals surface area contributed by atoms with Crippen molar-refractivity contribution in [1.29, 1.82) is 0 Å². The Morgan fingerprint density at radius 3 is 2.68 bits per heavy atom. The number of alkyl halides is 3. The molecule has 0 bridgehead atoms. The summed E-state index contributed by atoms with van der Waals surface area (Å²) in [6.45, 7) is -0.0300. The van der Waals surface area contributed by atoms with Crippen molar-refractivity contribution >= 4 is 16.6 Å². The second-order valence-corrected chi connectivity index (χ2v) is 4.13. The lowest BCUT2D eigenvalue weighted by molar-refractivity contribution is -0.136. The summed E-state index contributed by atoms with van der Waals surface area (Å²) in [4.78, 5) is 4.12. The van der Waals surface area contributed by atoms with E-state index in [1.165, 1.54) is 6.20 Å². The van der Waals surface area contributed by atoms with Gasteiger partial charge in [0.25, 0.3) is 0 Å². The highest BCUT2D eigenvalue weighted by molar-refractivity contribution is 5.89. The largest absolute Gasteiger partial charge is 0.491 e. The normalized spacial score (nSPS) is 11.7. The molecule has 102 valence electrons. The molecule has 2 rings (SSSR count). The van der Waals surface area contributed by atoms with Crippen molar-refractivity contribution in [3.05, 3.63) is 30.5 Å². The van der Waals surface area contributed by atoms with Crippen molar-refractivity contribution in [1.82, 2.24) is 4.98 Å². The highest BCUT2D eigenvalue weighted by atomic mass is 19.4. The number of rotatable bonds is 4. The Morgan fingerprint density at radius 2 is 1.95 bits per heavy atom. The van der Waals surface area contributed by atoms with E-state index in [2.05, 4.69) is 4.98 Å². The molecule has 2 N–H and O–H groups in total. The smallest absolute Gasteiger partial charge is 0.389 e. The minimum atomic E-state index is -4.16. The van der Waals surface area contributed by atoms with Crippen LogP contribution in [0, 0.1) is 0 Å². The number of hydrogen-bond acceptors (Lipinski definition) is 3. The van der Waals surface area contributed by atoms with Gasteiger partial charge in [-0.2, -0.15) is 13.2 Å². The van der Waals surface area contributed by atoms with E-state index in [0.29, 0.717) is 22.3 Å². The van der Waals surface area contributed by atoms with Gasteiger partial charge in [0.05, 0.1) is 24.0 Å². The monoisotopic (exact) mass is 270 g/mol. The highest BCUT2D eigenvalue weighted by Crippen LogP contribution is 2.30. The lowest BCUT2D eigenvalue weighted by Crippen LogP contribution is -2.10. The van der Waals surface area contributed by atoms with E-state index in [4.69, 9.17) is 10.5 Å². The van der Waals surface area contributed by atoms with Gasteiger partial charge in [-0.1, -0.05) is 12.1 Å². The predicted molar refractivity (Wildman–Crippen MR) is 66.9 cm³/mol. The zero-order chi connectivity index (χ0) is 13.9. The highest BCUT2D eigenvalue weighted by Gasteiger charge is 2.26. The van der Waals surface area contributed by atoms with Crippen LogP contribution in [0.1, 0.15) is 12.8 Å². The second kappa shape index (κ2) is 5.34. The van der Waals surface area contributed by atoms with E-state index in [9.17, 15) is 13.2 Å². The molecular formula is C13H13F3N2O. The Morgan fingerprint density at radius 1 is 1.21 bits per heavy atom. The van der Waals surface area contributed by atoms with E-state index in [-0.39, 0.29) is 13.0 Å². The summed E-state index contributed by atoms with van der Waals surface area (Å²) < 4.78 is 41.5. The molecule has 1 aromatic heterocycles. The quantitative estimate of drug-likeness (QED) is 0.864. The van der Waals surface area contributed by atoms with Crippen LogP contribution in [0.25, 0.3) is 10.9 Å². The summed E-state index contributed by atoms with van der Waals surface area (Å²) in [6.07, 6.45) is -3.67. The predicted octanol–water partition coefficient (Wildman–Crippen LogP) is 3.54. The fourth-order valence-corrected chi connectivity index (χ4v) is 1.74. The van der Waals surface area contributed by atoms with Crippen LogP contribution >= 0.6 is 0 Å². The minimum Gasteiger partial charge on any atom is -0.491 e. The third kappa shape index (κ3) is 3.49. The minimum absolute atomic E-state index is 0.0300. The fraction of sp³-hybridized carbons (Fsp3) is 0.308. The Hall–Kier alpha value is -1.98. The number of nitrogen functional groups attached to an aromatic ring is 1. The molecule has 0 saturated carbocycles. The molecule has 1 heterocycles. The van der Waals surface area contributed by atoms with Gasteiger partial charge in [0, 0.05) is 11.8 Å². The number of fused-ring (bicyclic) bond motifs is 1. The van der Waals surface area contributed by atoms with Gasteiger partial charge in [0.15, 0.2) is 5.75 Å². The van der Waals surface area contributed by atoms with Crippen LogP contribution in [0.5, 0.6) is 5.75 Å². The molecule has 6 heteroatoms. The molecule has 0 aliphatic rings. The van der Waals surface area contributed by atoms with Crippen LogP contribution in [-0.4, -0.2) is 17.8 Å². The van der Waals surface area contributed by atoms with Crippen molar-refractivity contribution in [2.75, 3.05) is 12.3 Å². The number of benzene rings is 1. The summed E-state index contributed by atoms with van der Waals surface area (Å²) >= 11 is 0. The third-order valence-electron chi connectivity index (χ3n) is 2.60. The first-order chi connectivity index (χ1) is 8.97. The maximum atomic E-state index is 12.0. The van der Waals surface area contributed by atoms with Crippen molar-refractivity contribution in [2.24, 2.45) is 0 Å². The fourth-order valence-electron chi connectivity index (χ4n) is 1.74. The van der Waals surface area contributed by atoms with Gasteiger partial charge in [0.1, 0.15) is 0 Å². The molecule has 0 aliphatic heterocycles. The average molecular weight is 270 g/mol. The Labute approximate surface area is 108 Å². The van der Waals surface area contributed by atoms with Crippen LogP contribution in [0.2, 0.25) is 0 Å². The molecule has 3 nitrogen and oxygen atoms in total. The number of pyridine rings is 1.